The normalized spacial score (nSPS) is 40.2. The van der Waals surface area contributed by atoms with Gasteiger partial charge in [0, 0.05) is 0 Å². The molecule has 3 fully saturated rings. The second kappa shape index (κ2) is 2.08. The van der Waals surface area contributed by atoms with Crippen molar-refractivity contribution in [1.82, 2.24) is 0 Å². The summed E-state index contributed by atoms with van der Waals surface area (Å²) in [5, 5.41) is 0. The van der Waals surface area contributed by atoms with E-state index in [0.29, 0.717) is 0 Å². The Balaban J connectivity index is 1.89. The van der Waals surface area contributed by atoms with Crippen LogP contribution in [0.15, 0.2) is 0 Å². The van der Waals surface area contributed by atoms with E-state index in [4.69, 9.17) is 0 Å². The van der Waals surface area contributed by atoms with Crippen LogP contribution in [-0.2, 0) is 0 Å². The SMILES string of the molecule is CCC1CCCC2(CC2)C12CC2. The van der Waals surface area contributed by atoms with Gasteiger partial charge in [0.15, 0.2) is 0 Å². The van der Waals surface area contributed by atoms with Crippen LogP contribution in [0.25, 0.3) is 0 Å². The summed E-state index contributed by atoms with van der Waals surface area (Å²) in [6.07, 6.45) is 12.5. The molecule has 0 aliphatic heterocycles. The van der Waals surface area contributed by atoms with Crippen LogP contribution >= 0.6 is 0 Å². The number of hydrogen-bond donors (Lipinski definition) is 0. The predicted octanol–water partition coefficient (Wildman–Crippen LogP) is 3.76. The van der Waals surface area contributed by atoms with Gasteiger partial charge in [-0.1, -0.05) is 19.8 Å². The lowest BCUT2D eigenvalue weighted by Gasteiger charge is -2.39. The maximum atomic E-state index is 2.41. The monoisotopic (exact) mass is 164 g/mol. The summed E-state index contributed by atoms with van der Waals surface area (Å²) in [5.41, 5.74) is 1.81. The number of fused-ring (bicyclic) bond motifs is 1. The first-order valence-corrected chi connectivity index (χ1v) is 5.83. The lowest BCUT2D eigenvalue weighted by atomic mass is 9.66. The van der Waals surface area contributed by atoms with Crippen LogP contribution in [0, 0.1) is 16.7 Å². The Morgan fingerprint density at radius 3 is 2.33 bits per heavy atom. The van der Waals surface area contributed by atoms with E-state index in [-0.39, 0.29) is 0 Å². The molecule has 0 heteroatoms. The summed E-state index contributed by atoms with van der Waals surface area (Å²) in [5.74, 6) is 1.12. The number of hydrogen-bond acceptors (Lipinski definition) is 0. The Labute approximate surface area is 75.7 Å². The molecule has 0 N–H and O–H groups in total. The Kier molecular flexibility index (Phi) is 1.28. The molecule has 0 aromatic heterocycles. The second-order valence-corrected chi connectivity index (χ2v) is 5.43. The molecule has 0 nitrogen and oxygen atoms in total. The molecule has 0 amide bonds. The molecule has 0 aromatic rings. The summed E-state index contributed by atoms with van der Waals surface area (Å²) >= 11 is 0. The number of rotatable bonds is 1. The molecule has 68 valence electrons. The van der Waals surface area contributed by atoms with E-state index >= 15 is 0 Å². The van der Waals surface area contributed by atoms with Gasteiger partial charge in [-0.05, 0) is 55.3 Å². The lowest BCUT2D eigenvalue weighted by molar-refractivity contribution is 0.103. The molecule has 2 spiro atoms. The molecule has 3 aliphatic carbocycles. The van der Waals surface area contributed by atoms with Crippen LogP contribution in [0.3, 0.4) is 0 Å². The first kappa shape index (κ1) is 7.41. The van der Waals surface area contributed by atoms with Crippen molar-refractivity contribution in [2.24, 2.45) is 16.7 Å². The average Bonchev–Trinajstić information content (AvgIpc) is 2.88. The van der Waals surface area contributed by atoms with Crippen molar-refractivity contribution in [3.63, 3.8) is 0 Å². The lowest BCUT2D eigenvalue weighted by Crippen LogP contribution is -2.30. The summed E-state index contributed by atoms with van der Waals surface area (Å²) in [7, 11) is 0. The van der Waals surface area contributed by atoms with Crippen LogP contribution < -0.4 is 0 Å². The molecule has 0 heterocycles. The van der Waals surface area contributed by atoms with Gasteiger partial charge in [-0.3, -0.25) is 0 Å². The van der Waals surface area contributed by atoms with Gasteiger partial charge >= 0.3 is 0 Å². The predicted molar refractivity (Wildman–Crippen MR) is 51.0 cm³/mol. The van der Waals surface area contributed by atoms with Crippen molar-refractivity contribution in [2.45, 2.75) is 58.3 Å². The molecule has 3 rings (SSSR count). The highest BCUT2D eigenvalue weighted by Crippen LogP contribution is 2.78. The Morgan fingerprint density at radius 1 is 1.08 bits per heavy atom. The van der Waals surface area contributed by atoms with Crippen molar-refractivity contribution in [3.05, 3.63) is 0 Å². The molecule has 3 saturated carbocycles. The fourth-order valence-corrected chi connectivity index (χ4v) is 4.21. The summed E-state index contributed by atoms with van der Waals surface area (Å²) in [4.78, 5) is 0. The first-order valence-electron chi connectivity index (χ1n) is 5.83. The first-order chi connectivity index (χ1) is 5.83. The largest absolute Gasteiger partial charge is 0.0651 e. The summed E-state index contributed by atoms with van der Waals surface area (Å²) in [6.45, 7) is 2.41. The fourth-order valence-electron chi connectivity index (χ4n) is 4.21. The fraction of sp³-hybridized carbons (Fsp3) is 1.00. The van der Waals surface area contributed by atoms with E-state index < -0.39 is 0 Å². The minimum atomic E-state index is 0.903. The van der Waals surface area contributed by atoms with Gasteiger partial charge < -0.3 is 0 Å². The van der Waals surface area contributed by atoms with Gasteiger partial charge in [0.25, 0.3) is 0 Å². The zero-order chi connectivity index (χ0) is 8.23. The van der Waals surface area contributed by atoms with E-state index in [9.17, 15) is 0 Å². The molecular formula is C12H20. The van der Waals surface area contributed by atoms with E-state index in [2.05, 4.69) is 6.92 Å². The Hall–Kier alpha value is 0. The molecule has 0 aromatic carbocycles. The van der Waals surface area contributed by atoms with Crippen molar-refractivity contribution < 1.29 is 0 Å². The molecule has 12 heavy (non-hydrogen) atoms. The van der Waals surface area contributed by atoms with Gasteiger partial charge in [-0.2, -0.15) is 0 Å². The van der Waals surface area contributed by atoms with E-state index in [1.165, 1.54) is 6.42 Å². The van der Waals surface area contributed by atoms with Gasteiger partial charge in [-0.15, -0.1) is 0 Å². The molecule has 0 saturated heterocycles. The molecule has 1 unspecified atom stereocenters. The maximum Gasteiger partial charge on any atom is -0.0212 e. The molecule has 3 aliphatic rings. The van der Waals surface area contributed by atoms with Gasteiger partial charge in [0.1, 0.15) is 0 Å². The van der Waals surface area contributed by atoms with Crippen molar-refractivity contribution in [2.75, 3.05) is 0 Å². The summed E-state index contributed by atoms with van der Waals surface area (Å²) in [6, 6.07) is 0. The third kappa shape index (κ3) is 0.701. The molecule has 1 atom stereocenters. The van der Waals surface area contributed by atoms with Crippen LogP contribution in [0.2, 0.25) is 0 Å². The van der Waals surface area contributed by atoms with Crippen LogP contribution in [0.5, 0.6) is 0 Å². The zero-order valence-electron chi connectivity index (χ0n) is 8.23. The zero-order valence-corrected chi connectivity index (χ0v) is 8.23. The van der Waals surface area contributed by atoms with Crippen molar-refractivity contribution >= 4 is 0 Å². The van der Waals surface area contributed by atoms with Gasteiger partial charge in [0.05, 0.1) is 0 Å². The standard InChI is InChI=1S/C12H20/c1-2-10-4-3-5-11(6-7-11)12(10)8-9-12/h10H,2-9H2,1H3. The van der Waals surface area contributed by atoms with Crippen LogP contribution in [0.1, 0.15) is 58.3 Å². The van der Waals surface area contributed by atoms with Crippen molar-refractivity contribution in [3.8, 4) is 0 Å². The average molecular weight is 164 g/mol. The highest BCUT2D eigenvalue weighted by molar-refractivity contribution is 5.18. The molecule has 0 bridgehead atoms. The van der Waals surface area contributed by atoms with E-state index in [1.807, 2.05) is 0 Å². The highest BCUT2D eigenvalue weighted by Gasteiger charge is 2.68. The molecular weight excluding hydrogens is 144 g/mol. The van der Waals surface area contributed by atoms with Crippen molar-refractivity contribution in [1.29, 1.82) is 0 Å². The van der Waals surface area contributed by atoms with Gasteiger partial charge in [-0.25, -0.2) is 0 Å². The third-order valence-corrected chi connectivity index (χ3v) is 5.18. The maximum absolute atomic E-state index is 2.41. The molecule has 0 radical (unpaired) electrons. The van der Waals surface area contributed by atoms with E-state index in [0.717, 1.165) is 16.7 Å². The Morgan fingerprint density at radius 2 is 1.83 bits per heavy atom. The quantitative estimate of drug-likeness (QED) is 0.553. The van der Waals surface area contributed by atoms with E-state index in [1.54, 1.807) is 44.9 Å². The minimum absolute atomic E-state index is 0.903. The topological polar surface area (TPSA) is 0 Å². The summed E-state index contributed by atoms with van der Waals surface area (Å²) < 4.78 is 0. The minimum Gasteiger partial charge on any atom is -0.0651 e. The van der Waals surface area contributed by atoms with Gasteiger partial charge in [0.2, 0.25) is 0 Å². The second-order valence-electron chi connectivity index (χ2n) is 5.43. The smallest absolute Gasteiger partial charge is 0.0212 e. The Bertz CT molecular complexity index is 196. The highest BCUT2D eigenvalue weighted by atomic mass is 14.7. The van der Waals surface area contributed by atoms with Crippen LogP contribution in [0.4, 0.5) is 0 Å². The third-order valence-electron chi connectivity index (χ3n) is 5.18. The van der Waals surface area contributed by atoms with Crippen LogP contribution in [-0.4, -0.2) is 0 Å².